The standard InChI is InChI=1S/C11H16.CH3.Y/c1-9-6-5-7-10(8-9)11(2,3)4;;/h5-8H,1-4H3;1H3;/q;-1;. The number of hydrogen-bond acceptors (Lipinski definition) is 0. The van der Waals surface area contributed by atoms with E-state index in [2.05, 4.69) is 52.0 Å². The monoisotopic (exact) mass is 252 g/mol. The second kappa shape index (κ2) is 5.93. The molecule has 0 aliphatic heterocycles. The van der Waals surface area contributed by atoms with Gasteiger partial charge in [-0.05, 0) is 17.9 Å². The van der Waals surface area contributed by atoms with Crippen molar-refractivity contribution in [1.29, 1.82) is 0 Å². The van der Waals surface area contributed by atoms with Gasteiger partial charge in [0.15, 0.2) is 0 Å². The van der Waals surface area contributed by atoms with E-state index in [1.807, 2.05) is 0 Å². The van der Waals surface area contributed by atoms with Gasteiger partial charge in [0.05, 0.1) is 0 Å². The van der Waals surface area contributed by atoms with E-state index < -0.39 is 0 Å². The van der Waals surface area contributed by atoms with Crippen molar-refractivity contribution in [3.63, 3.8) is 0 Å². The molecule has 0 heterocycles. The maximum Gasteiger partial charge on any atom is 0 e. The third kappa shape index (κ3) is 4.93. The molecule has 1 heteroatoms. The van der Waals surface area contributed by atoms with E-state index in [9.17, 15) is 0 Å². The molecule has 0 aliphatic rings. The van der Waals surface area contributed by atoms with Gasteiger partial charge in [-0.3, -0.25) is 0 Å². The van der Waals surface area contributed by atoms with Crippen LogP contribution in [-0.2, 0) is 38.1 Å². The molecule has 0 N–H and O–H groups in total. The molecule has 0 bridgehead atoms. The normalized spacial score (nSPS) is 9.85. The van der Waals surface area contributed by atoms with Crippen molar-refractivity contribution in [3.05, 3.63) is 42.8 Å². The zero-order valence-corrected chi connectivity index (χ0v) is 12.2. The summed E-state index contributed by atoms with van der Waals surface area (Å²) >= 11 is 0. The number of rotatable bonds is 0. The fourth-order valence-electron chi connectivity index (χ4n) is 1.11. The molecule has 0 atom stereocenters. The molecule has 0 aromatic heterocycles. The first-order valence-corrected chi connectivity index (χ1v) is 4.07. The van der Waals surface area contributed by atoms with E-state index in [1.54, 1.807) is 0 Å². The second-order valence-corrected chi connectivity index (χ2v) is 4.12. The molecule has 0 aliphatic carbocycles. The smallest absolute Gasteiger partial charge is 0 e. The van der Waals surface area contributed by atoms with Gasteiger partial charge in [-0.15, -0.1) is 0 Å². The maximum atomic E-state index is 2.25. The van der Waals surface area contributed by atoms with E-state index in [-0.39, 0.29) is 45.6 Å². The van der Waals surface area contributed by atoms with E-state index >= 15 is 0 Å². The number of aryl methyl sites for hydroxylation is 1. The molecule has 71 valence electrons. The molecule has 0 saturated heterocycles. The summed E-state index contributed by atoms with van der Waals surface area (Å²) in [6.07, 6.45) is 0. The minimum Gasteiger partial charge on any atom is -0.358 e. The molecule has 13 heavy (non-hydrogen) atoms. The van der Waals surface area contributed by atoms with Gasteiger partial charge >= 0.3 is 0 Å². The molecular weight excluding hydrogens is 233 g/mol. The van der Waals surface area contributed by atoms with Gasteiger partial charge < -0.3 is 7.43 Å². The average Bonchev–Trinajstić information content (AvgIpc) is 1.86. The predicted molar refractivity (Wildman–Crippen MR) is 56.3 cm³/mol. The van der Waals surface area contributed by atoms with Gasteiger partial charge in [0.1, 0.15) is 0 Å². The number of hydrogen-bond donors (Lipinski definition) is 0. The summed E-state index contributed by atoms with van der Waals surface area (Å²) < 4.78 is 0. The first-order chi connectivity index (χ1) is 5.00. The Morgan fingerprint density at radius 3 is 1.92 bits per heavy atom. The summed E-state index contributed by atoms with van der Waals surface area (Å²) in [6, 6.07) is 8.69. The predicted octanol–water partition coefficient (Wildman–Crippen LogP) is 3.74. The Hall–Kier alpha value is 0.324. The minimum absolute atomic E-state index is 0. The summed E-state index contributed by atoms with van der Waals surface area (Å²) in [6.45, 7) is 8.85. The van der Waals surface area contributed by atoms with Crippen molar-refractivity contribution in [2.24, 2.45) is 0 Å². The Morgan fingerprint density at radius 2 is 1.62 bits per heavy atom. The Balaban J connectivity index is 0. The molecule has 1 rings (SSSR count). The van der Waals surface area contributed by atoms with Crippen LogP contribution in [0, 0.1) is 14.4 Å². The van der Waals surface area contributed by atoms with Crippen molar-refractivity contribution < 1.29 is 32.7 Å². The molecule has 1 aromatic carbocycles. The SMILES string of the molecule is Cc1cccc(C(C)(C)C)c1.[CH3-].[Y]. The molecule has 0 amide bonds. The van der Waals surface area contributed by atoms with Crippen LogP contribution in [0.1, 0.15) is 31.9 Å². The summed E-state index contributed by atoms with van der Waals surface area (Å²) in [5, 5.41) is 0. The van der Waals surface area contributed by atoms with Crippen molar-refractivity contribution in [2.45, 2.75) is 33.1 Å². The molecule has 0 unspecified atom stereocenters. The van der Waals surface area contributed by atoms with Gasteiger partial charge in [-0.1, -0.05) is 50.6 Å². The molecule has 0 spiro atoms. The summed E-state index contributed by atoms with van der Waals surface area (Å²) in [4.78, 5) is 0. The zero-order valence-electron chi connectivity index (χ0n) is 9.39. The van der Waals surface area contributed by atoms with Crippen molar-refractivity contribution in [1.82, 2.24) is 0 Å². The van der Waals surface area contributed by atoms with Crippen molar-refractivity contribution in [3.8, 4) is 0 Å². The van der Waals surface area contributed by atoms with Crippen LogP contribution < -0.4 is 0 Å². The Bertz CT molecular complexity index is 246. The van der Waals surface area contributed by atoms with Crippen molar-refractivity contribution in [2.75, 3.05) is 0 Å². The van der Waals surface area contributed by atoms with Gasteiger partial charge in [0.2, 0.25) is 0 Å². The van der Waals surface area contributed by atoms with Crippen molar-refractivity contribution >= 4 is 0 Å². The van der Waals surface area contributed by atoms with E-state index in [0.717, 1.165) is 0 Å². The average molecular weight is 252 g/mol. The maximum absolute atomic E-state index is 2.25. The molecule has 0 saturated carbocycles. The van der Waals surface area contributed by atoms with Crippen LogP contribution in [0.3, 0.4) is 0 Å². The summed E-state index contributed by atoms with van der Waals surface area (Å²) in [5.41, 5.74) is 3.04. The molecular formula is C12H19Y-. The van der Waals surface area contributed by atoms with E-state index in [0.29, 0.717) is 0 Å². The Kier molecular flexibility index (Phi) is 7.20. The van der Waals surface area contributed by atoms with Crippen LogP contribution >= 0.6 is 0 Å². The third-order valence-corrected chi connectivity index (χ3v) is 1.88. The topological polar surface area (TPSA) is 0 Å². The van der Waals surface area contributed by atoms with Gasteiger partial charge in [0.25, 0.3) is 0 Å². The van der Waals surface area contributed by atoms with Crippen LogP contribution in [-0.4, -0.2) is 0 Å². The first kappa shape index (κ1) is 15.8. The van der Waals surface area contributed by atoms with Gasteiger partial charge in [0, 0.05) is 32.7 Å². The van der Waals surface area contributed by atoms with E-state index in [1.165, 1.54) is 11.1 Å². The summed E-state index contributed by atoms with van der Waals surface area (Å²) in [5.74, 6) is 0. The first-order valence-electron chi connectivity index (χ1n) is 4.07. The fraction of sp³-hybridized carbons (Fsp3) is 0.417. The largest absolute Gasteiger partial charge is 0.358 e. The van der Waals surface area contributed by atoms with Crippen LogP contribution in [0.4, 0.5) is 0 Å². The zero-order chi connectivity index (χ0) is 8.48. The third-order valence-electron chi connectivity index (χ3n) is 1.88. The minimum atomic E-state index is 0. The Labute approximate surface area is 108 Å². The van der Waals surface area contributed by atoms with E-state index in [4.69, 9.17) is 0 Å². The van der Waals surface area contributed by atoms with Crippen LogP contribution in [0.5, 0.6) is 0 Å². The quantitative estimate of drug-likeness (QED) is 0.617. The number of benzene rings is 1. The molecule has 1 aromatic rings. The van der Waals surface area contributed by atoms with Crippen LogP contribution in [0.15, 0.2) is 24.3 Å². The van der Waals surface area contributed by atoms with Gasteiger partial charge in [-0.25, -0.2) is 0 Å². The Morgan fingerprint density at radius 1 is 1.08 bits per heavy atom. The second-order valence-electron chi connectivity index (χ2n) is 4.12. The van der Waals surface area contributed by atoms with Crippen LogP contribution in [0.25, 0.3) is 0 Å². The fourth-order valence-corrected chi connectivity index (χ4v) is 1.11. The summed E-state index contributed by atoms with van der Waals surface area (Å²) in [7, 11) is 0. The van der Waals surface area contributed by atoms with Gasteiger partial charge in [-0.2, -0.15) is 0 Å². The van der Waals surface area contributed by atoms with Crippen LogP contribution in [0.2, 0.25) is 0 Å². The molecule has 0 fully saturated rings. The molecule has 0 nitrogen and oxygen atoms in total. The molecule has 1 radical (unpaired) electrons.